The number of aromatic amines is 1. The topological polar surface area (TPSA) is 28.7 Å². The molecule has 1 fully saturated rings. The molecule has 0 bridgehead atoms. The summed E-state index contributed by atoms with van der Waals surface area (Å²) in [4.78, 5) is 6.91. The number of hydrogen-bond acceptors (Lipinski definition) is 2. The molecule has 0 aliphatic heterocycles. The Morgan fingerprint density at radius 2 is 2.40 bits per heavy atom. The van der Waals surface area contributed by atoms with Crippen LogP contribution < -0.4 is 0 Å². The minimum absolute atomic E-state index is 0.706. The third kappa shape index (κ3) is 0.968. The minimum Gasteiger partial charge on any atom is -0.337 e. The highest BCUT2D eigenvalue weighted by atomic mass is 32.1. The van der Waals surface area contributed by atoms with Gasteiger partial charge in [-0.1, -0.05) is 12.2 Å². The van der Waals surface area contributed by atoms with Gasteiger partial charge in [0, 0.05) is 11.8 Å². The van der Waals surface area contributed by atoms with E-state index >= 15 is 0 Å². The van der Waals surface area contributed by atoms with Gasteiger partial charge in [0.2, 0.25) is 0 Å². The molecule has 3 heteroatoms. The molecule has 1 aromatic rings. The third-order valence-electron chi connectivity index (χ3n) is 1.76. The van der Waals surface area contributed by atoms with Crippen LogP contribution in [0.15, 0.2) is 12.5 Å². The second-order valence-corrected chi connectivity index (χ2v) is 3.02. The second-order valence-electron chi connectivity index (χ2n) is 2.61. The quantitative estimate of drug-likeness (QED) is 0.624. The van der Waals surface area contributed by atoms with E-state index in [0.717, 1.165) is 4.64 Å². The highest BCUT2D eigenvalue weighted by molar-refractivity contribution is 7.71. The van der Waals surface area contributed by atoms with Gasteiger partial charge in [0.15, 0.2) is 0 Å². The Bertz CT molecular complexity index is 288. The van der Waals surface area contributed by atoms with Crippen molar-refractivity contribution in [1.29, 1.82) is 0 Å². The summed E-state index contributed by atoms with van der Waals surface area (Å²) in [6.45, 7) is 0. The van der Waals surface area contributed by atoms with E-state index in [4.69, 9.17) is 12.2 Å². The first kappa shape index (κ1) is 6.04. The van der Waals surface area contributed by atoms with Gasteiger partial charge < -0.3 is 4.98 Å². The van der Waals surface area contributed by atoms with Crippen molar-refractivity contribution >= 4 is 12.2 Å². The molecule has 1 aliphatic carbocycles. The Hall–Kier alpha value is -0.700. The molecule has 1 aliphatic rings. The molecule has 0 saturated heterocycles. The molecular weight excluding hydrogens is 144 g/mol. The maximum absolute atomic E-state index is 5.07. The number of hydrogen-bond donors (Lipinski definition) is 1. The van der Waals surface area contributed by atoms with Gasteiger partial charge in [-0.05, 0) is 18.8 Å². The molecule has 0 aromatic carbocycles. The standard InChI is InChI=1S/C7H8N2S/c10-7-6(5-1-2-5)3-8-4-9-7/h3-5H,1-2H2,(H,8,9,10). The average molecular weight is 152 g/mol. The van der Waals surface area contributed by atoms with Crippen LogP contribution in [0, 0.1) is 4.64 Å². The molecule has 1 saturated carbocycles. The van der Waals surface area contributed by atoms with E-state index in [0.29, 0.717) is 5.92 Å². The number of nitrogens with one attached hydrogen (secondary N) is 1. The van der Waals surface area contributed by atoms with Crippen molar-refractivity contribution in [1.82, 2.24) is 9.97 Å². The lowest BCUT2D eigenvalue weighted by Gasteiger charge is -1.93. The highest BCUT2D eigenvalue weighted by Crippen LogP contribution is 2.39. The molecule has 2 rings (SSSR count). The normalized spacial score (nSPS) is 17.2. The van der Waals surface area contributed by atoms with Crippen molar-refractivity contribution < 1.29 is 0 Å². The van der Waals surface area contributed by atoms with Crippen molar-refractivity contribution in [2.45, 2.75) is 18.8 Å². The van der Waals surface area contributed by atoms with Crippen LogP contribution in [-0.4, -0.2) is 9.97 Å². The Morgan fingerprint density at radius 3 is 3.00 bits per heavy atom. The molecule has 52 valence electrons. The van der Waals surface area contributed by atoms with E-state index in [2.05, 4.69) is 9.97 Å². The largest absolute Gasteiger partial charge is 0.337 e. The summed E-state index contributed by atoms with van der Waals surface area (Å²) in [6.07, 6.45) is 6.07. The lowest BCUT2D eigenvalue weighted by Crippen LogP contribution is -1.85. The molecule has 0 radical (unpaired) electrons. The maximum Gasteiger partial charge on any atom is 0.109 e. The Balaban J connectivity index is 2.48. The van der Waals surface area contributed by atoms with Crippen LogP contribution in [0.1, 0.15) is 24.3 Å². The molecule has 0 amide bonds. The molecule has 10 heavy (non-hydrogen) atoms. The highest BCUT2D eigenvalue weighted by Gasteiger charge is 2.24. The Morgan fingerprint density at radius 1 is 1.60 bits per heavy atom. The van der Waals surface area contributed by atoms with Gasteiger partial charge >= 0.3 is 0 Å². The van der Waals surface area contributed by atoms with E-state index < -0.39 is 0 Å². The fourth-order valence-corrected chi connectivity index (χ4v) is 1.31. The molecular formula is C7H8N2S. The lowest BCUT2D eigenvalue weighted by atomic mass is 10.2. The fraction of sp³-hybridized carbons (Fsp3) is 0.429. The second kappa shape index (κ2) is 2.16. The lowest BCUT2D eigenvalue weighted by molar-refractivity contribution is 1.02. The van der Waals surface area contributed by atoms with Gasteiger partial charge in [-0.3, -0.25) is 0 Å². The van der Waals surface area contributed by atoms with E-state index in [1.807, 2.05) is 6.20 Å². The first-order valence-electron chi connectivity index (χ1n) is 3.40. The fourth-order valence-electron chi connectivity index (χ4n) is 1.04. The summed E-state index contributed by atoms with van der Waals surface area (Å²) >= 11 is 5.07. The maximum atomic E-state index is 5.07. The van der Waals surface area contributed by atoms with Gasteiger partial charge in [0.1, 0.15) is 4.64 Å². The van der Waals surface area contributed by atoms with Gasteiger partial charge in [0.25, 0.3) is 0 Å². The molecule has 1 aromatic heterocycles. The summed E-state index contributed by atoms with van der Waals surface area (Å²) in [6, 6.07) is 0. The predicted octanol–water partition coefficient (Wildman–Crippen LogP) is 2.02. The van der Waals surface area contributed by atoms with Crippen molar-refractivity contribution in [2.24, 2.45) is 0 Å². The minimum atomic E-state index is 0.706. The zero-order valence-electron chi connectivity index (χ0n) is 5.50. The van der Waals surface area contributed by atoms with Crippen molar-refractivity contribution in [3.05, 3.63) is 22.7 Å². The molecule has 1 heterocycles. The number of nitrogens with zero attached hydrogens (tertiary/aromatic N) is 1. The smallest absolute Gasteiger partial charge is 0.109 e. The summed E-state index contributed by atoms with van der Waals surface area (Å²) in [5.74, 6) is 0.706. The Labute approximate surface area is 64.3 Å². The summed E-state index contributed by atoms with van der Waals surface area (Å²) < 4.78 is 0.859. The van der Waals surface area contributed by atoms with Crippen LogP contribution >= 0.6 is 12.2 Å². The van der Waals surface area contributed by atoms with E-state index in [1.54, 1.807) is 6.33 Å². The third-order valence-corrected chi connectivity index (χ3v) is 2.12. The van der Waals surface area contributed by atoms with Gasteiger partial charge in [0.05, 0.1) is 6.33 Å². The molecule has 0 atom stereocenters. The molecule has 1 N–H and O–H groups in total. The molecule has 2 nitrogen and oxygen atoms in total. The number of rotatable bonds is 1. The van der Waals surface area contributed by atoms with Gasteiger partial charge in [-0.15, -0.1) is 0 Å². The van der Waals surface area contributed by atoms with Crippen LogP contribution in [0.4, 0.5) is 0 Å². The first-order valence-corrected chi connectivity index (χ1v) is 3.81. The summed E-state index contributed by atoms with van der Waals surface area (Å²) in [5.41, 5.74) is 1.22. The molecule has 0 spiro atoms. The van der Waals surface area contributed by atoms with E-state index in [9.17, 15) is 0 Å². The predicted molar refractivity (Wildman–Crippen MR) is 41.4 cm³/mol. The van der Waals surface area contributed by atoms with Crippen LogP contribution in [0.3, 0.4) is 0 Å². The average Bonchev–Trinajstić information content (AvgIpc) is 2.71. The Kier molecular flexibility index (Phi) is 1.31. The zero-order valence-corrected chi connectivity index (χ0v) is 6.32. The number of H-pyrrole nitrogens is 1. The van der Waals surface area contributed by atoms with E-state index in [-0.39, 0.29) is 0 Å². The van der Waals surface area contributed by atoms with Crippen molar-refractivity contribution in [3.8, 4) is 0 Å². The summed E-state index contributed by atoms with van der Waals surface area (Å²) in [7, 11) is 0. The van der Waals surface area contributed by atoms with Crippen LogP contribution in [0.5, 0.6) is 0 Å². The van der Waals surface area contributed by atoms with Gasteiger partial charge in [-0.2, -0.15) is 0 Å². The van der Waals surface area contributed by atoms with Crippen LogP contribution in [0.2, 0.25) is 0 Å². The van der Waals surface area contributed by atoms with E-state index in [1.165, 1.54) is 18.4 Å². The van der Waals surface area contributed by atoms with Crippen LogP contribution in [-0.2, 0) is 0 Å². The zero-order chi connectivity index (χ0) is 6.97. The molecule has 0 unspecified atom stereocenters. The van der Waals surface area contributed by atoms with Crippen LogP contribution in [0.25, 0.3) is 0 Å². The van der Waals surface area contributed by atoms with Gasteiger partial charge in [-0.25, -0.2) is 4.98 Å². The summed E-state index contributed by atoms with van der Waals surface area (Å²) in [5, 5.41) is 0. The SMILES string of the molecule is S=c1[nH]cncc1C1CC1. The number of aromatic nitrogens is 2. The monoisotopic (exact) mass is 152 g/mol. The van der Waals surface area contributed by atoms with Crippen molar-refractivity contribution in [3.63, 3.8) is 0 Å². The first-order chi connectivity index (χ1) is 4.88. The van der Waals surface area contributed by atoms with Crippen molar-refractivity contribution in [2.75, 3.05) is 0 Å².